The standard InChI is InChI=1S/2C18H32N2O2.C18H34N2O2.C17H30N2O2.C17H32N2O2.C16H30N2O2.6H2/c1-11-9-13(11)10-15(17(22)20-18(2,3)4)14(16(19)21)8-7-12-5-6-12;1-18(2,3)20-17(22)15(11-13-5-4-6-13)14(16(19)21)10-9-12-7-8-12;1-17(2,3)11-14(16(22)20-18(4,5)6)13(15(19)21)10-9-12-7-8-12;1-17(2,3)19-16(21)14(10-12-6-7-12)13(15(18)20)9-8-11-4-5-11;1-16(2,3)13(15(21)19-17(4,5)6)12(14(18)20)10-9-11-7-8-11;1-10(2)13(15(20)18-16(3,4)5)12(14(17)19)9-8-11-6-7-11;;;;;;/h11-15H,5-10H2,1-4H3,(H2,19,21)(H,20,22);12-15H,4-11H2,1-3H3,(H2,19,21)(H,20,22);12-14H,7-11H2,1-6H3,(H2,19,21)(H,20,22);11-14H,4-10H2,1-3H3,(H2,18,20)(H,19,21);11-13H,7-10H2,1-6H3,(H2,18,20)(H,19,21);10-13H,6-9H2,1-5H3,(H2,17,19)(H,18,20);6*1H/t11?,13?,14-,15+;14-,15+;2*13-,14+;2*12-,13+;;;;;;/m000000....../s1. The Balaban J connectivity index is -0.00000152. The second kappa shape index (κ2) is 49.6. The maximum absolute atomic E-state index is 12.7. The van der Waals surface area contributed by atoms with Gasteiger partial charge in [0.25, 0.3) is 0 Å². The van der Waals surface area contributed by atoms with Gasteiger partial charge in [-0.3, -0.25) is 57.5 Å². The van der Waals surface area contributed by atoms with Gasteiger partial charge in [0.15, 0.2) is 0 Å². The van der Waals surface area contributed by atoms with E-state index in [1.54, 1.807) is 0 Å². The first kappa shape index (κ1) is 114. The first-order chi connectivity index (χ1) is 58.6. The van der Waals surface area contributed by atoms with Gasteiger partial charge in [0.1, 0.15) is 0 Å². The quantitative estimate of drug-likeness (QED) is 0.0271. The number of hydrogen-bond donors (Lipinski definition) is 12. The molecular weight excluding hydrogens is 1610 g/mol. The Morgan fingerprint density at radius 1 is 0.281 bits per heavy atom. The average molecular weight is 1810 g/mol. The van der Waals surface area contributed by atoms with Crippen LogP contribution in [0.3, 0.4) is 0 Å². The van der Waals surface area contributed by atoms with Crippen LogP contribution in [0, 0.1) is 147 Å². The van der Waals surface area contributed by atoms with Gasteiger partial charge in [-0.25, -0.2) is 0 Å². The van der Waals surface area contributed by atoms with Crippen molar-refractivity contribution in [3.63, 3.8) is 0 Å². The van der Waals surface area contributed by atoms with Crippen LogP contribution >= 0.6 is 0 Å². The molecule has 9 fully saturated rings. The van der Waals surface area contributed by atoms with Crippen molar-refractivity contribution in [1.29, 1.82) is 0 Å². The number of nitrogens with two attached hydrogens (primary N) is 6. The lowest BCUT2D eigenvalue weighted by Crippen LogP contribution is -2.51. The number of nitrogens with one attached hydrogen (secondary N) is 6. The maximum Gasteiger partial charge on any atom is 0.224 e. The van der Waals surface area contributed by atoms with E-state index in [-0.39, 0.29) is 200 Å². The highest BCUT2D eigenvalue weighted by Crippen LogP contribution is 2.48. The van der Waals surface area contributed by atoms with E-state index in [2.05, 4.69) is 59.6 Å². The van der Waals surface area contributed by atoms with Crippen LogP contribution in [0.25, 0.3) is 0 Å². The van der Waals surface area contributed by atoms with Gasteiger partial charge >= 0.3 is 0 Å². The summed E-state index contributed by atoms with van der Waals surface area (Å²) in [7, 11) is 0. The molecule has 12 amide bonds. The zero-order chi connectivity index (χ0) is 97.5. The fourth-order valence-corrected chi connectivity index (χ4v) is 18.2. The van der Waals surface area contributed by atoms with Crippen molar-refractivity contribution in [1.82, 2.24) is 31.9 Å². The van der Waals surface area contributed by atoms with Gasteiger partial charge in [-0.05, 0) is 310 Å². The van der Waals surface area contributed by atoms with Crippen LogP contribution in [0.4, 0.5) is 0 Å². The summed E-state index contributed by atoms with van der Waals surface area (Å²) in [6, 6.07) is 0. The zero-order valence-corrected chi connectivity index (χ0v) is 85.7. The third-order valence-corrected chi connectivity index (χ3v) is 26.8. The SMILES string of the molecule is CC(C)(C)C[C@@H](C(=O)NC(C)(C)C)[C@H](CCC1CC1)C(N)=O.CC(C)(C)NC(=O)[C@@H]([C@H](CCC1CC1)C(N)=O)C(C)(C)C.CC(C)(C)NC(=O)[C@H](CC1CC1)[C@H](CCC1CC1)C(N)=O.CC(C)(C)NC(=O)[C@H](CC1CCC1)[C@H](CCC1CC1)C(N)=O.CC(C)[C@@H](C(=O)NC(C)(C)C)[C@H](CCC1CC1)C(N)=O.CC1CC1C[C@@H](C(=O)NC(C)(C)C)[C@H](CCC1CC1)C(N)=O.[HH].[HH].[HH].[HH].[HH].[HH]. The van der Waals surface area contributed by atoms with Gasteiger partial charge in [0, 0.05) is 101 Å². The summed E-state index contributed by atoms with van der Waals surface area (Å²) in [5.41, 5.74) is 31.8. The van der Waals surface area contributed by atoms with Crippen molar-refractivity contribution in [3.05, 3.63) is 0 Å². The molecule has 0 spiro atoms. The van der Waals surface area contributed by atoms with E-state index in [1.807, 2.05) is 159 Å². The van der Waals surface area contributed by atoms with Crippen LogP contribution in [0.2, 0.25) is 0 Å². The Hall–Kier alpha value is -6.36. The Morgan fingerprint density at radius 3 is 0.711 bits per heavy atom. The van der Waals surface area contributed by atoms with E-state index in [0.717, 1.165) is 132 Å². The van der Waals surface area contributed by atoms with E-state index < -0.39 is 0 Å². The van der Waals surface area contributed by atoms with Crippen molar-refractivity contribution < 1.29 is 66.1 Å². The predicted molar refractivity (Wildman–Crippen MR) is 528 cm³/mol. The molecule has 18 N–H and O–H groups in total. The van der Waals surface area contributed by atoms with E-state index in [4.69, 9.17) is 34.4 Å². The van der Waals surface area contributed by atoms with E-state index in [9.17, 15) is 57.5 Å². The monoisotopic (exact) mass is 1810 g/mol. The third-order valence-electron chi connectivity index (χ3n) is 26.8. The molecule has 0 bridgehead atoms. The van der Waals surface area contributed by atoms with E-state index in [0.29, 0.717) is 30.1 Å². The molecule has 0 radical (unpaired) electrons. The lowest BCUT2D eigenvalue weighted by atomic mass is 9.70. The van der Waals surface area contributed by atoms with Crippen LogP contribution in [-0.2, 0) is 57.5 Å². The molecule has 0 aromatic heterocycles. The van der Waals surface area contributed by atoms with Gasteiger partial charge in [-0.2, -0.15) is 0 Å². The summed E-state index contributed by atoms with van der Waals surface area (Å²) in [5, 5.41) is 18.2. The topological polar surface area (TPSA) is 433 Å². The Labute approximate surface area is 784 Å². The summed E-state index contributed by atoms with van der Waals surface area (Å²) in [4.78, 5) is 147. The molecule has 24 heteroatoms. The number of carbonyl (C=O) groups excluding carboxylic acids is 12. The summed E-state index contributed by atoms with van der Waals surface area (Å²) < 4.78 is 0. The number of amides is 12. The normalized spacial score (nSPS) is 21.2. The second-order valence-corrected chi connectivity index (χ2v) is 50.3. The highest BCUT2D eigenvalue weighted by atomic mass is 16.2. The van der Waals surface area contributed by atoms with E-state index in [1.165, 1.54) is 116 Å². The minimum atomic E-state index is -0.382. The van der Waals surface area contributed by atoms with Crippen LogP contribution in [-0.4, -0.2) is 104 Å². The van der Waals surface area contributed by atoms with Crippen LogP contribution < -0.4 is 66.3 Å². The molecule has 9 aliphatic carbocycles. The summed E-state index contributed by atoms with van der Waals surface area (Å²) in [6.45, 7) is 53.9. The first-order valence-electron chi connectivity index (χ1n) is 50.3. The van der Waals surface area contributed by atoms with Crippen LogP contribution in [0.1, 0.15) is 414 Å². The fraction of sp³-hybridized carbons (Fsp3) is 0.885. The summed E-state index contributed by atoms with van der Waals surface area (Å²) >= 11 is 0. The molecule has 2 unspecified atom stereocenters. The Kier molecular flexibility index (Phi) is 44.1. The van der Waals surface area contributed by atoms with Crippen molar-refractivity contribution in [2.75, 3.05) is 0 Å². The molecule has 24 nitrogen and oxygen atoms in total. The Morgan fingerprint density at radius 2 is 0.500 bits per heavy atom. The highest BCUT2D eigenvalue weighted by molar-refractivity contribution is 5.91. The molecule has 0 aromatic rings. The number of hydrogen-bond acceptors (Lipinski definition) is 12. The number of primary amides is 6. The zero-order valence-electron chi connectivity index (χ0n) is 85.7. The third kappa shape index (κ3) is 48.9. The lowest BCUT2D eigenvalue weighted by Gasteiger charge is -2.36. The van der Waals surface area contributed by atoms with Gasteiger partial charge in [0.2, 0.25) is 70.9 Å². The van der Waals surface area contributed by atoms with Crippen LogP contribution in [0.5, 0.6) is 0 Å². The molecule has 9 saturated carbocycles. The van der Waals surface area contributed by atoms with Crippen molar-refractivity contribution in [3.8, 4) is 0 Å². The second-order valence-electron chi connectivity index (χ2n) is 50.3. The summed E-state index contributed by atoms with van der Waals surface area (Å²) in [6.07, 6.45) is 36.1. The first-order valence-corrected chi connectivity index (χ1v) is 50.3. The lowest BCUT2D eigenvalue weighted by molar-refractivity contribution is -0.139. The van der Waals surface area contributed by atoms with Crippen molar-refractivity contribution in [2.24, 2.45) is 181 Å². The molecule has 0 aromatic carbocycles. The van der Waals surface area contributed by atoms with Crippen molar-refractivity contribution >= 4 is 70.9 Å². The highest BCUT2D eigenvalue weighted by Gasteiger charge is 2.47. The largest absolute Gasteiger partial charge is 0.369 e. The fourth-order valence-electron chi connectivity index (χ4n) is 18.2. The molecule has 14 atom stereocenters. The minimum Gasteiger partial charge on any atom is -0.369 e. The molecule has 9 aliphatic rings. The smallest absolute Gasteiger partial charge is 0.224 e. The van der Waals surface area contributed by atoms with Gasteiger partial charge in [-0.15, -0.1) is 0 Å². The van der Waals surface area contributed by atoms with Crippen LogP contribution in [0.15, 0.2) is 0 Å². The van der Waals surface area contributed by atoms with Gasteiger partial charge < -0.3 is 66.3 Å². The Bertz CT molecular complexity index is 3510. The van der Waals surface area contributed by atoms with Gasteiger partial charge in [0.05, 0.1) is 11.8 Å². The molecule has 128 heavy (non-hydrogen) atoms. The predicted octanol–water partition coefficient (Wildman–Crippen LogP) is 18.5. The van der Waals surface area contributed by atoms with E-state index >= 15 is 0 Å². The minimum absolute atomic E-state index is 0. The molecule has 0 heterocycles. The molecule has 0 saturated heterocycles. The maximum atomic E-state index is 12.7. The molecule has 0 aliphatic heterocycles. The average Bonchev–Trinajstić information content (AvgIpc) is 1.29. The van der Waals surface area contributed by atoms with Gasteiger partial charge in [-0.1, -0.05) is 171 Å². The summed E-state index contributed by atoms with van der Waals surface area (Å²) in [5.74, 6) is 1.24. The molecule has 750 valence electrons. The van der Waals surface area contributed by atoms with Crippen molar-refractivity contribution in [2.45, 2.75) is 438 Å². The number of rotatable bonds is 44. The number of carbonyl (C=O) groups is 12. The molecule has 9 rings (SSSR count). The molecular formula is C104H202N12O12.